The van der Waals surface area contributed by atoms with Crippen LogP contribution in [0.3, 0.4) is 0 Å². The Kier molecular flexibility index (Phi) is 8.77. The van der Waals surface area contributed by atoms with Gasteiger partial charge in [0, 0.05) is 31.5 Å². The van der Waals surface area contributed by atoms with Crippen molar-refractivity contribution in [2.45, 2.75) is 121 Å². The third-order valence-electron chi connectivity index (χ3n) is 11.7. The highest BCUT2D eigenvalue weighted by Crippen LogP contribution is 2.48. The molecule has 6 atom stereocenters. The van der Waals surface area contributed by atoms with Crippen molar-refractivity contribution < 1.29 is 45.3 Å². The Morgan fingerprint density at radius 2 is 1.85 bits per heavy atom. The zero-order valence-corrected chi connectivity index (χ0v) is 30.7. The largest absolute Gasteiger partial charge is 0.472 e. The number of fused-ring (bicyclic) bond motifs is 6. The number of amides is 1. The van der Waals surface area contributed by atoms with Gasteiger partial charge in [0.1, 0.15) is 52.6 Å². The summed E-state index contributed by atoms with van der Waals surface area (Å²) in [6, 6.07) is -1.55. The molecule has 17 heteroatoms. The van der Waals surface area contributed by atoms with E-state index in [4.69, 9.17) is 24.9 Å². The van der Waals surface area contributed by atoms with Crippen LogP contribution in [0.1, 0.15) is 70.9 Å². The van der Waals surface area contributed by atoms with Gasteiger partial charge in [-0.05, 0) is 78.0 Å². The van der Waals surface area contributed by atoms with E-state index >= 15 is 13.2 Å². The van der Waals surface area contributed by atoms with Crippen LogP contribution < -0.4 is 20.1 Å². The highest BCUT2D eigenvalue weighted by atomic mass is 19.3. The molecule has 2 aromatic heterocycles. The molecule has 4 saturated heterocycles. The predicted octanol–water partition coefficient (Wildman–Crippen LogP) is 6.50. The number of rotatable bonds is 6. The zero-order chi connectivity index (χ0) is 38.6. The molecular weight excluding hydrogens is 720 g/mol. The van der Waals surface area contributed by atoms with Crippen LogP contribution in [0.15, 0.2) is 0 Å². The third kappa shape index (κ3) is 5.83. The number of piperazine rings is 1. The minimum Gasteiger partial charge on any atom is -0.472 e. The lowest BCUT2D eigenvalue weighted by atomic mass is 9.93. The number of nitrogen functional groups attached to an aromatic ring is 1. The summed E-state index contributed by atoms with van der Waals surface area (Å²) < 4.78 is 109. The maximum atomic E-state index is 17.2. The first-order valence-electron chi connectivity index (χ1n) is 18.4. The Hall–Kier alpha value is -4.28. The molecule has 0 radical (unpaired) electrons. The topological polar surface area (TPSA) is 119 Å². The van der Waals surface area contributed by atoms with Crippen LogP contribution >= 0.6 is 0 Å². The molecule has 1 amide bonds. The van der Waals surface area contributed by atoms with Gasteiger partial charge in [-0.25, -0.2) is 36.1 Å². The molecule has 3 aromatic rings. The van der Waals surface area contributed by atoms with Gasteiger partial charge in [-0.2, -0.15) is 9.97 Å². The number of pyridine rings is 1. The van der Waals surface area contributed by atoms with Crippen molar-refractivity contribution in [3.8, 4) is 23.1 Å². The number of ether oxygens (including phenoxy) is 3. The number of carbonyl (C=O) groups excluding carboxylic acids is 1. The number of nitrogens with two attached hydrogens (primary N) is 1. The highest BCUT2D eigenvalue weighted by Gasteiger charge is 2.54. The van der Waals surface area contributed by atoms with Gasteiger partial charge in [0.15, 0.2) is 17.5 Å². The van der Waals surface area contributed by atoms with Crippen molar-refractivity contribution in [2.24, 2.45) is 0 Å². The first-order valence-corrected chi connectivity index (χ1v) is 18.4. The van der Waals surface area contributed by atoms with Crippen molar-refractivity contribution >= 4 is 28.5 Å². The average molecular weight is 764 g/mol. The molecule has 54 heavy (non-hydrogen) atoms. The van der Waals surface area contributed by atoms with Crippen molar-refractivity contribution in [2.75, 3.05) is 36.9 Å². The Morgan fingerprint density at radius 3 is 2.57 bits per heavy atom. The highest BCUT2D eigenvalue weighted by molar-refractivity contribution is 5.98. The Balaban J connectivity index is 1.31. The smallest absolute Gasteiger partial charge is 0.410 e. The van der Waals surface area contributed by atoms with E-state index < -0.39 is 99.9 Å². The van der Waals surface area contributed by atoms with E-state index in [1.807, 2.05) is 9.80 Å². The van der Waals surface area contributed by atoms with Gasteiger partial charge in [0.2, 0.25) is 12.3 Å². The first kappa shape index (κ1) is 36.7. The Morgan fingerprint density at radius 1 is 1.09 bits per heavy atom. The monoisotopic (exact) mass is 763 g/mol. The summed E-state index contributed by atoms with van der Waals surface area (Å²) in [4.78, 5) is 32.9. The van der Waals surface area contributed by atoms with Gasteiger partial charge in [-0.1, -0.05) is 0 Å². The van der Waals surface area contributed by atoms with Gasteiger partial charge < -0.3 is 24.8 Å². The molecule has 8 rings (SSSR count). The second kappa shape index (κ2) is 12.9. The van der Waals surface area contributed by atoms with Crippen molar-refractivity contribution in [1.29, 1.82) is 0 Å². The fourth-order valence-corrected chi connectivity index (χ4v) is 9.44. The number of nitrogens with zero attached hydrogens (tertiary/aromatic N) is 6. The number of alkyl halides is 3. The van der Waals surface area contributed by atoms with E-state index in [2.05, 4.69) is 9.97 Å². The molecule has 0 aliphatic carbocycles. The van der Waals surface area contributed by atoms with Crippen LogP contribution in [0.5, 0.6) is 11.9 Å². The maximum Gasteiger partial charge on any atom is 0.410 e. The molecule has 1 aromatic carbocycles. The fourth-order valence-electron chi connectivity index (χ4n) is 9.44. The predicted molar refractivity (Wildman–Crippen MR) is 186 cm³/mol. The van der Waals surface area contributed by atoms with Crippen LogP contribution in [0.4, 0.5) is 42.6 Å². The molecule has 0 spiro atoms. The normalized spacial score (nSPS) is 27.7. The number of aromatic nitrogens is 3. The first-order chi connectivity index (χ1) is 25.5. The minimum atomic E-state index is -3.05. The summed E-state index contributed by atoms with van der Waals surface area (Å²) in [6.07, 6.45) is -3.40. The van der Waals surface area contributed by atoms with E-state index in [1.54, 1.807) is 32.6 Å². The molecule has 7 heterocycles. The van der Waals surface area contributed by atoms with Gasteiger partial charge in [-0.3, -0.25) is 9.80 Å². The fraction of sp³-hybridized carbons (Fsp3) is 0.622. The van der Waals surface area contributed by atoms with Gasteiger partial charge in [0.05, 0.1) is 23.7 Å². The molecule has 0 saturated carbocycles. The lowest BCUT2D eigenvalue weighted by molar-refractivity contribution is 0.000932. The Labute approximate surface area is 308 Å². The number of anilines is 2. The minimum absolute atomic E-state index is 0.0135. The van der Waals surface area contributed by atoms with Crippen LogP contribution in [-0.2, 0) is 11.2 Å². The number of hydrogen-bond acceptors (Lipinski definition) is 10. The summed E-state index contributed by atoms with van der Waals surface area (Å²) in [5.41, 5.74) is 0.641. The molecule has 5 aliphatic heterocycles. The average Bonchev–Trinajstić information content (AvgIpc) is 3.70. The van der Waals surface area contributed by atoms with Crippen LogP contribution in [-0.4, -0.2) is 105 Å². The van der Waals surface area contributed by atoms with E-state index in [0.29, 0.717) is 25.8 Å². The van der Waals surface area contributed by atoms with E-state index in [9.17, 15) is 18.0 Å². The summed E-state index contributed by atoms with van der Waals surface area (Å²) in [6.45, 7) is 9.50. The molecule has 11 nitrogen and oxygen atoms in total. The van der Waals surface area contributed by atoms with Crippen LogP contribution in [0, 0.1) is 24.4 Å². The molecule has 292 valence electrons. The van der Waals surface area contributed by atoms with Crippen molar-refractivity contribution in [1.82, 2.24) is 24.8 Å². The standard InChI is InChI=1S/C37H43F6N7O4/c1-16-20(11-22(39)40)23(26(42)28(44)25(16)41)29-27(43)30-24-32(47-34(46-30)52-15-37-9-6-10-48(37)13-18(38)12-37)49-14-19-7-8-21(31(49)17(2)53-33(24)45-29)50(19)35(51)54-36(3,4)5/h17-19,21-22,31H,6-15,44H2,1-5H3/t17-,18+,19+,21-,31+,37-/m0/s1. The summed E-state index contributed by atoms with van der Waals surface area (Å²) in [7, 11) is 0. The van der Waals surface area contributed by atoms with Crippen LogP contribution in [0.25, 0.3) is 22.2 Å². The molecule has 2 bridgehead atoms. The molecule has 0 unspecified atom stereocenters. The van der Waals surface area contributed by atoms with E-state index in [0.717, 1.165) is 13.3 Å². The quantitative estimate of drug-likeness (QED) is 0.220. The number of carbonyl (C=O) groups is 1. The molecule has 2 N–H and O–H groups in total. The maximum absolute atomic E-state index is 17.2. The van der Waals surface area contributed by atoms with Crippen LogP contribution in [0.2, 0.25) is 0 Å². The number of benzene rings is 1. The lowest BCUT2D eigenvalue weighted by Gasteiger charge is -2.48. The van der Waals surface area contributed by atoms with Gasteiger partial charge in [-0.15, -0.1) is 0 Å². The van der Waals surface area contributed by atoms with Crippen molar-refractivity contribution in [3.63, 3.8) is 0 Å². The molecule has 5 aliphatic rings. The second-order valence-corrected chi connectivity index (χ2v) is 16.3. The molecule has 4 fully saturated rings. The summed E-state index contributed by atoms with van der Waals surface area (Å²) in [5.74, 6) is -3.93. The zero-order valence-electron chi connectivity index (χ0n) is 30.7. The summed E-state index contributed by atoms with van der Waals surface area (Å²) >= 11 is 0. The number of halogens is 6. The SMILES string of the molecule is Cc1c(F)c(N)c(F)c(-c2nc3c4c(nc(OC[C@@]56CCCN5C[C@H](F)C6)nc4c2F)N2C[C@H]4CC[C@@H]([C@H]2[C@H](C)O3)N4C(=O)OC(C)(C)C)c1CC(F)F. The number of hydrogen-bond donors (Lipinski definition) is 1. The van der Waals surface area contributed by atoms with Gasteiger partial charge >= 0.3 is 12.1 Å². The van der Waals surface area contributed by atoms with Crippen molar-refractivity contribution in [3.05, 3.63) is 28.6 Å². The lowest BCUT2D eigenvalue weighted by Crippen LogP contribution is -2.65. The van der Waals surface area contributed by atoms with E-state index in [1.165, 1.54) is 0 Å². The second-order valence-electron chi connectivity index (χ2n) is 16.3. The third-order valence-corrected chi connectivity index (χ3v) is 11.7. The summed E-state index contributed by atoms with van der Waals surface area (Å²) in [5, 5.41) is 0.0241. The molecular formula is C37H43F6N7O4. The van der Waals surface area contributed by atoms with Gasteiger partial charge in [0.25, 0.3) is 0 Å². The Bertz CT molecular complexity index is 2030. The van der Waals surface area contributed by atoms with E-state index in [-0.39, 0.29) is 60.8 Å².